The number of nitrogens with two attached hydrogens (primary N) is 3. The number of rotatable bonds is 15. The first-order valence-corrected chi connectivity index (χ1v) is 20.6. The Kier molecular flexibility index (Phi) is 21.5. The van der Waals surface area contributed by atoms with E-state index in [1.54, 1.807) is 6.92 Å². The fourth-order valence-electron chi connectivity index (χ4n) is 4.94. The predicted octanol–water partition coefficient (Wildman–Crippen LogP) is -2.61. The number of aliphatic carboxylic acids is 1. The first kappa shape index (κ1) is 48.7. The van der Waals surface area contributed by atoms with Gasteiger partial charge in [0.25, 0.3) is 0 Å². The van der Waals surface area contributed by atoms with E-state index in [1.807, 2.05) is 20.8 Å². The van der Waals surface area contributed by atoms with Gasteiger partial charge in [-0.1, -0.05) is 55.7 Å². The predicted molar refractivity (Wildman–Crippen MR) is 210 cm³/mol. The molecule has 20 nitrogen and oxygen atoms in total. The summed E-state index contributed by atoms with van der Waals surface area (Å²) in [5, 5.41) is 27.5. The van der Waals surface area contributed by atoms with Gasteiger partial charge in [-0.25, -0.2) is 4.79 Å². The molecule has 22 heteroatoms. The third kappa shape index (κ3) is 17.8. The van der Waals surface area contributed by atoms with Crippen molar-refractivity contribution in [2.24, 2.45) is 34.0 Å². The Bertz CT molecular complexity index is 1400. The molecule has 1 rings (SSSR count). The maximum Gasteiger partial charge on any atom is 0.326 e. The van der Waals surface area contributed by atoms with Gasteiger partial charge >= 0.3 is 5.97 Å². The number of nitrogens with zero attached hydrogens (tertiary/aromatic N) is 1. The molecule has 1 aliphatic heterocycles. The number of carboxylic acids is 1. The van der Waals surface area contributed by atoms with E-state index in [-0.39, 0.29) is 49.2 Å². The van der Waals surface area contributed by atoms with E-state index < -0.39 is 102 Å². The number of nitrogens with one attached hydrogen (secondary N) is 7. The molecule has 0 bridgehead atoms. The van der Waals surface area contributed by atoms with Gasteiger partial charge in [-0.3, -0.25) is 38.6 Å². The summed E-state index contributed by atoms with van der Waals surface area (Å²) in [4.78, 5) is 108. The fourth-order valence-corrected chi connectivity index (χ4v) is 7.23. The molecule has 0 aliphatic carbocycles. The molecule has 1 unspecified atom stereocenters. The number of hydrogen-bond acceptors (Lipinski definition) is 12. The lowest BCUT2D eigenvalue weighted by molar-refractivity contribution is -0.142. The van der Waals surface area contributed by atoms with Crippen molar-refractivity contribution in [2.75, 3.05) is 18.1 Å². The third-order valence-electron chi connectivity index (χ3n) is 8.48. The number of aliphatic imine (C=N–C) groups is 1. The molecular formula is C33H59N11O9S2. The standard InChI is InChI=1S/C33H59N11O9S2/c1-8-16(4)24-31(51)43-23(14-55-54-13-20(34)28(48)39-17(5)25(45)38-19(7)27(47)44-24)30(50)42-22(12-15(2)3)29(49)40-18(6)26(46)41-21(32(52)53)10-9-11-37-33(35)36/h15-24H,8-14,34H2,1-7H3,(H,38,45)(H,39,48)(H,40,49)(H,41,46)(H,42,50)(H,43,51)(H,44,47)(H,52,53)(H4,35,36,37)/t16?,17-,18-,19-,20-,21-,22-,23-,24-/m0/s1. The number of guanidine groups is 1. The molecule has 9 atom stereocenters. The minimum atomic E-state index is -1.29. The van der Waals surface area contributed by atoms with Crippen LogP contribution in [0.2, 0.25) is 0 Å². The molecule has 1 fully saturated rings. The zero-order chi connectivity index (χ0) is 42.0. The van der Waals surface area contributed by atoms with E-state index in [0.29, 0.717) is 6.42 Å². The molecular weight excluding hydrogens is 759 g/mol. The Morgan fingerprint density at radius 2 is 1.40 bits per heavy atom. The monoisotopic (exact) mass is 817 g/mol. The van der Waals surface area contributed by atoms with Crippen molar-refractivity contribution in [3.05, 3.63) is 0 Å². The van der Waals surface area contributed by atoms with Crippen LogP contribution in [-0.4, -0.2) is 125 Å². The van der Waals surface area contributed by atoms with Crippen LogP contribution in [0.3, 0.4) is 0 Å². The highest BCUT2D eigenvalue weighted by atomic mass is 33.1. The molecule has 7 amide bonds. The molecule has 1 saturated heterocycles. The Morgan fingerprint density at radius 1 is 0.818 bits per heavy atom. The van der Waals surface area contributed by atoms with Crippen LogP contribution in [-0.2, 0) is 38.4 Å². The van der Waals surface area contributed by atoms with Crippen molar-refractivity contribution in [1.82, 2.24) is 37.2 Å². The van der Waals surface area contributed by atoms with Gasteiger partial charge in [0.2, 0.25) is 41.4 Å². The van der Waals surface area contributed by atoms with Crippen molar-refractivity contribution in [3.63, 3.8) is 0 Å². The molecule has 0 aromatic rings. The highest BCUT2D eigenvalue weighted by molar-refractivity contribution is 8.76. The van der Waals surface area contributed by atoms with Gasteiger partial charge in [-0.05, 0) is 51.9 Å². The summed E-state index contributed by atoms with van der Waals surface area (Å²) in [5.41, 5.74) is 16.6. The van der Waals surface area contributed by atoms with Crippen molar-refractivity contribution in [3.8, 4) is 0 Å². The topological polar surface area (TPSA) is 331 Å². The number of carbonyl (C=O) groups excluding carboxylic acids is 7. The molecule has 0 radical (unpaired) electrons. The first-order valence-electron chi connectivity index (χ1n) is 18.1. The number of carboxylic acid groups (broad SMARTS) is 1. The van der Waals surface area contributed by atoms with Crippen LogP contribution in [0.25, 0.3) is 0 Å². The number of carbonyl (C=O) groups is 8. The van der Waals surface area contributed by atoms with Crippen molar-refractivity contribution in [1.29, 1.82) is 0 Å². The lowest BCUT2D eigenvalue weighted by Crippen LogP contribution is -2.61. The van der Waals surface area contributed by atoms with E-state index in [9.17, 15) is 43.5 Å². The van der Waals surface area contributed by atoms with E-state index in [0.717, 1.165) is 21.6 Å². The van der Waals surface area contributed by atoms with Gasteiger partial charge in [0, 0.05) is 18.1 Å². The van der Waals surface area contributed by atoms with Crippen LogP contribution in [0.15, 0.2) is 4.99 Å². The second kappa shape index (κ2) is 24.3. The van der Waals surface area contributed by atoms with Gasteiger partial charge < -0.3 is 59.5 Å². The molecule has 1 aliphatic rings. The lowest BCUT2D eigenvalue weighted by Gasteiger charge is -2.29. The van der Waals surface area contributed by atoms with Crippen LogP contribution < -0.4 is 54.4 Å². The van der Waals surface area contributed by atoms with Gasteiger partial charge in [-0.15, -0.1) is 0 Å². The molecule has 312 valence electrons. The highest BCUT2D eigenvalue weighted by Crippen LogP contribution is 2.23. The molecule has 0 spiro atoms. The number of amides is 7. The fraction of sp³-hybridized carbons (Fsp3) is 0.727. The quantitative estimate of drug-likeness (QED) is 0.0349. The average molecular weight is 818 g/mol. The largest absolute Gasteiger partial charge is 0.480 e. The lowest BCUT2D eigenvalue weighted by atomic mass is 9.97. The number of hydrogen-bond donors (Lipinski definition) is 11. The normalized spacial score (nSPS) is 23.9. The maximum atomic E-state index is 13.9. The zero-order valence-corrected chi connectivity index (χ0v) is 34.1. The van der Waals surface area contributed by atoms with Crippen molar-refractivity contribution >= 4 is 74.9 Å². The summed E-state index contributed by atoms with van der Waals surface area (Å²) >= 11 is 0. The third-order valence-corrected chi connectivity index (χ3v) is 10.9. The van der Waals surface area contributed by atoms with Gasteiger partial charge in [-0.2, -0.15) is 0 Å². The maximum absolute atomic E-state index is 13.9. The summed E-state index contributed by atoms with van der Waals surface area (Å²) in [6.45, 7) is 11.6. The van der Waals surface area contributed by atoms with Gasteiger partial charge in [0.1, 0.15) is 42.3 Å². The van der Waals surface area contributed by atoms with Crippen molar-refractivity contribution in [2.45, 2.75) is 122 Å². The smallest absolute Gasteiger partial charge is 0.326 e. The average Bonchev–Trinajstić information content (AvgIpc) is 3.10. The Balaban J connectivity index is 3.27. The minimum absolute atomic E-state index is 0.0173. The van der Waals surface area contributed by atoms with Crippen molar-refractivity contribution < 1.29 is 43.5 Å². The molecule has 55 heavy (non-hydrogen) atoms. The second-order valence-corrected chi connectivity index (χ2v) is 16.4. The molecule has 0 aromatic carbocycles. The van der Waals surface area contributed by atoms with E-state index in [2.05, 4.69) is 42.2 Å². The molecule has 0 saturated carbocycles. The molecule has 0 aromatic heterocycles. The zero-order valence-electron chi connectivity index (χ0n) is 32.4. The van der Waals surface area contributed by atoms with E-state index in [4.69, 9.17) is 17.2 Å². The van der Waals surface area contributed by atoms with Crippen LogP contribution in [0.4, 0.5) is 0 Å². The minimum Gasteiger partial charge on any atom is -0.480 e. The Morgan fingerprint density at radius 3 is 1.96 bits per heavy atom. The summed E-state index contributed by atoms with van der Waals surface area (Å²) in [6, 6.07) is -9.14. The Labute approximate surface area is 329 Å². The van der Waals surface area contributed by atoms with E-state index >= 15 is 0 Å². The summed E-state index contributed by atoms with van der Waals surface area (Å²) in [7, 11) is 2.28. The van der Waals surface area contributed by atoms with Crippen LogP contribution >= 0.6 is 21.6 Å². The van der Waals surface area contributed by atoms with E-state index in [1.165, 1.54) is 20.8 Å². The summed E-state index contributed by atoms with van der Waals surface area (Å²) in [6.07, 6.45) is 0.878. The highest BCUT2D eigenvalue weighted by Gasteiger charge is 2.34. The SMILES string of the molecule is CCC(C)[C@@H]1NC(=O)[C@H](C)NC(=O)[C@H](C)NC(=O)[C@@H](N)CSSC[C@@H](C(=O)N[C@@H](CC(C)C)C(=O)N[C@@H](C)C(=O)N[C@@H](CCCN=C(N)N)C(=O)O)NC1=O. The first-order chi connectivity index (χ1) is 25.7. The summed E-state index contributed by atoms with van der Waals surface area (Å²) < 4.78 is 0. The van der Waals surface area contributed by atoms with Gasteiger partial charge in [0.15, 0.2) is 5.96 Å². The van der Waals surface area contributed by atoms with Gasteiger partial charge in [0.05, 0.1) is 6.04 Å². The van der Waals surface area contributed by atoms with Crippen LogP contribution in [0.1, 0.15) is 74.1 Å². The molecule has 1 heterocycles. The van der Waals surface area contributed by atoms with Crippen LogP contribution in [0, 0.1) is 11.8 Å². The second-order valence-electron chi connectivity index (χ2n) is 13.8. The molecule has 14 N–H and O–H groups in total. The van der Waals surface area contributed by atoms with Crippen LogP contribution in [0.5, 0.6) is 0 Å². The Hall–Kier alpha value is -4.31. The summed E-state index contributed by atoms with van der Waals surface area (Å²) in [5.74, 6) is -6.77.